The second-order valence-electron chi connectivity index (χ2n) is 8.74. The molecule has 0 N–H and O–H groups in total. The first-order valence-corrected chi connectivity index (χ1v) is 13.2. The van der Waals surface area contributed by atoms with Crippen LogP contribution in [-0.4, -0.2) is 62.6 Å². The summed E-state index contributed by atoms with van der Waals surface area (Å²) >= 11 is 0. The van der Waals surface area contributed by atoms with E-state index in [1.54, 1.807) is 33.1 Å². The minimum absolute atomic E-state index is 0.163. The van der Waals surface area contributed by atoms with E-state index < -0.39 is 10.0 Å². The summed E-state index contributed by atoms with van der Waals surface area (Å²) in [5.74, 6) is 1.05. The number of nitriles is 1. The summed E-state index contributed by atoms with van der Waals surface area (Å²) in [6.07, 6.45) is -0.249. The van der Waals surface area contributed by atoms with Crippen molar-refractivity contribution in [3.8, 4) is 11.8 Å². The Morgan fingerprint density at radius 2 is 1.83 bits per heavy atom. The average Bonchev–Trinajstić information content (AvgIpc) is 3.25. The Bertz CT molecular complexity index is 1300. The number of hydrogen-bond acceptors (Lipinski definition) is 8. The average molecular weight is 511 g/mol. The first kappa shape index (κ1) is 25.9. The molecule has 2 heterocycles. The number of sulfonamides is 1. The van der Waals surface area contributed by atoms with Gasteiger partial charge in [0, 0.05) is 32.7 Å². The van der Waals surface area contributed by atoms with Crippen molar-refractivity contribution in [1.82, 2.24) is 14.4 Å². The van der Waals surface area contributed by atoms with Crippen LogP contribution in [0.5, 0.6) is 5.75 Å². The predicted molar refractivity (Wildman–Crippen MR) is 133 cm³/mol. The fourth-order valence-corrected chi connectivity index (χ4v) is 6.04. The molecule has 0 spiro atoms. The van der Waals surface area contributed by atoms with E-state index in [0.717, 1.165) is 16.9 Å². The summed E-state index contributed by atoms with van der Waals surface area (Å²) in [6.45, 7) is 6.12. The lowest BCUT2D eigenvalue weighted by molar-refractivity contribution is 0.00762. The van der Waals surface area contributed by atoms with Crippen molar-refractivity contribution in [3.63, 3.8) is 0 Å². The molecular weight excluding hydrogens is 480 g/mol. The van der Waals surface area contributed by atoms with Gasteiger partial charge in [-0.05, 0) is 49.2 Å². The first-order chi connectivity index (χ1) is 17.3. The van der Waals surface area contributed by atoms with Gasteiger partial charge in [0.1, 0.15) is 16.3 Å². The molecule has 190 valence electrons. The van der Waals surface area contributed by atoms with Crippen molar-refractivity contribution in [2.24, 2.45) is 0 Å². The fourth-order valence-electron chi connectivity index (χ4n) is 4.33. The standard InChI is InChI=1S/C26H30N4O5S/c1-19-26(20(2)35-28-19)36(31,32)30-13-11-29(12-14-30)17-25(23-5-4-6-24(15-23)33-3)34-18-22-9-7-21(16-27)8-10-22/h4-10,15,25H,11-14,17-18H2,1-3H3. The summed E-state index contributed by atoms with van der Waals surface area (Å²) in [7, 11) is -2.04. The van der Waals surface area contributed by atoms with Gasteiger partial charge in [-0.15, -0.1) is 0 Å². The van der Waals surface area contributed by atoms with Gasteiger partial charge in [0.25, 0.3) is 0 Å². The van der Waals surface area contributed by atoms with Crippen LogP contribution in [0.4, 0.5) is 0 Å². The topological polar surface area (TPSA) is 109 Å². The van der Waals surface area contributed by atoms with Crippen molar-refractivity contribution in [2.75, 3.05) is 39.8 Å². The number of nitrogens with zero attached hydrogens (tertiary/aromatic N) is 4. The van der Waals surface area contributed by atoms with E-state index in [-0.39, 0.29) is 11.0 Å². The smallest absolute Gasteiger partial charge is 0.248 e. The van der Waals surface area contributed by atoms with Crippen molar-refractivity contribution >= 4 is 10.0 Å². The van der Waals surface area contributed by atoms with E-state index in [2.05, 4.69) is 16.1 Å². The first-order valence-electron chi connectivity index (χ1n) is 11.7. The molecule has 0 radical (unpaired) electrons. The Hall–Kier alpha value is -3.23. The number of rotatable bonds is 9. The van der Waals surface area contributed by atoms with E-state index in [0.29, 0.717) is 56.3 Å². The third-order valence-corrected chi connectivity index (χ3v) is 8.46. The van der Waals surface area contributed by atoms with Crippen molar-refractivity contribution in [1.29, 1.82) is 5.26 Å². The van der Waals surface area contributed by atoms with E-state index in [1.807, 2.05) is 36.4 Å². The van der Waals surface area contributed by atoms with E-state index in [1.165, 1.54) is 4.31 Å². The van der Waals surface area contributed by atoms with Crippen LogP contribution in [-0.2, 0) is 21.4 Å². The summed E-state index contributed by atoms with van der Waals surface area (Å²) in [4.78, 5) is 2.37. The highest BCUT2D eigenvalue weighted by Crippen LogP contribution is 2.27. The lowest BCUT2D eigenvalue weighted by Gasteiger charge is -2.35. The van der Waals surface area contributed by atoms with Gasteiger partial charge in [-0.1, -0.05) is 29.4 Å². The van der Waals surface area contributed by atoms with Crippen LogP contribution in [0.1, 0.15) is 34.2 Å². The van der Waals surface area contributed by atoms with Crippen molar-refractivity contribution in [2.45, 2.75) is 31.5 Å². The van der Waals surface area contributed by atoms with Crippen LogP contribution in [0.3, 0.4) is 0 Å². The maximum absolute atomic E-state index is 13.2. The number of piperazine rings is 1. The van der Waals surface area contributed by atoms with Gasteiger partial charge in [0.15, 0.2) is 5.76 Å². The van der Waals surface area contributed by atoms with Gasteiger partial charge >= 0.3 is 0 Å². The molecule has 1 unspecified atom stereocenters. The van der Waals surface area contributed by atoms with E-state index >= 15 is 0 Å². The molecule has 10 heteroatoms. The Labute approximate surface area is 211 Å². The number of hydrogen-bond donors (Lipinski definition) is 0. The molecule has 0 amide bonds. The monoisotopic (exact) mass is 510 g/mol. The quantitative estimate of drug-likeness (QED) is 0.431. The molecule has 1 saturated heterocycles. The summed E-state index contributed by atoms with van der Waals surface area (Å²) in [5, 5.41) is 12.8. The molecule has 3 aromatic rings. The molecule has 36 heavy (non-hydrogen) atoms. The minimum Gasteiger partial charge on any atom is -0.497 e. The number of ether oxygens (including phenoxy) is 2. The highest BCUT2D eigenvalue weighted by molar-refractivity contribution is 7.89. The highest BCUT2D eigenvalue weighted by atomic mass is 32.2. The third-order valence-electron chi connectivity index (χ3n) is 6.32. The van der Waals surface area contributed by atoms with Gasteiger partial charge in [0.2, 0.25) is 10.0 Å². The van der Waals surface area contributed by atoms with Crippen LogP contribution in [0, 0.1) is 25.2 Å². The summed E-state index contributed by atoms with van der Waals surface area (Å²) < 4.78 is 44.7. The van der Waals surface area contributed by atoms with Crippen LogP contribution in [0.2, 0.25) is 0 Å². The van der Waals surface area contributed by atoms with Gasteiger partial charge in [-0.3, -0.25) is 4.90 Å². The molecule has 1 fully saturated rings. The molecule has 1 aliphatic heterocycles. The summed E-state index contributed by atoms with van der Waals surface area (Å²) in [5.41, 5.74) is 2.93. The van der Waals surface area contributed by atoms with Crippen LogP contribution in [0.25, 0.3) is 0 Å². The number of aryl methyl sites for hydroxylation is 2. The van der Waals surface area contributed by atoms with Gasteiger partial charge in [0.05, 0.1) is 31.5 Å². The molecule has 1 atom stereocenters. The second kappa shape index (κ2) is 11.2. The van der Waals surface area contributed by atoms with E-state index in [4.69, 9.17) is 19.3 Å². The molecule has 9 nitrogen and oxygen atoms in total. The Morgan fingerprint density at radius 1 is 1.11 bits per heavy atom. The molecule has 0 bridgehead atoms. The zero-order valence-corrected chi connectivity index (χ0v) is 21.5. The maximum Gasteiger partial charge on any atom is 0.248 e. The fraction of sp³-hybridized carbons (Fsp3) is 0.385. The molecule has 0 saturated carbocycles. The molecule has 1 aliphatic rings. The normalized spacial score (nSPS) is 15.9. The molecule has 0 aliphatic carbocycles. The van der Waals surface area contributed by atoms with Gasteiger partial charge in [-0.2, -0.15) is 9.57 Å². The highest BCUT2D eigenvalue weighted by Gasteiger charge is 2.33. The van der Waals surface area contributed by atoms with Crippen LogP contribution < -0.4 is 4.74 Å². The number of aromatic nitrogens is 1. The van der Waals surface area contributed by atoms with Gasteiger partial charge in [-0.25, -0.2) is 8.42 Å². The Morgan fingerprint density at radius 3 is 2.44 bits per heavy atom. The minimum atomic E-state index is -3.67. The van der Waals surface area contributed by atoms with Crippen LogP contribution in [0.15, 0.2) is 57.9 Å². The summed E-state index contributed by atoms with van der Waals surface area (Å²) in [6, 6.07) is 17.2. The number of benzene rings is 2. The zero-order valence-electron chi connectivity index (χ0n) is 20.7. The molecule has 2 aromatic carbocycles. The molecule has 1 aromatic heterocycles. The second-order valence-corrected chi connectivity index (χ2v) is 10.6. The van der Waals surface area contributed by atoms with Crippen molar-refractivity contribution < 1.29 is 22.4 Å². The van der Waals surface area contributed by atoms with E-state index in [9.17, 15) is 8.42 Å². The predicted octanol–water partition coefficient (Wildman–Crippen LogP) is 3.44. The zero-order chi connectivity index (χ0) is 25.7. The van der Waals surface area contributed by atoms with Crippen molar-refractivity contribution in [3.05, 3.63) is 76.7 Å². The third kappa shape index (κ3) is 5.77. The largest absolute Gasteiger partial charge is 0.497 e. The SMILES string of the molecule is COc1cccc(C(CN2CCN(S(=O)(=O)c3c(C)noc3C)CC2)OCc2ccc(C#N)cc2)c1. The van der Waals surface area contributed by atoms with Crippen LogP contribution >= 0.6 is 0 Å². The Kier molecular flexibility index (Phi) is 8.06. The molecular formula is C26H30N4O5S. The molecule has 4 rings (SSSR count). The lowest BCUT2D eigenvalue weighted by Crippen LogP contribution is -2.49. The maximum atomic E-state index is 13.2. The van der Waals surface area contributed by atoms with Gasteiger partial charge < -0.3 is 14.0 Å². The Balaban J connectivity index is 1.45. The number of methoxy groups -OCH3 is 1. The lowest BCUT2D eigenvalue weighted by atomic mass is 10.1.